The number of carbonyl (C=O) groups is 1. The van der Waals surface area contributed by atoms with Gasteiger partial charge in [0.15, 0.2) is 0 Å². The maximum absolute atomic E-state index is 11.7. The lowest BCUT2D eigenvalue weighted by atomic mass is 10.0. The van der Waals surface area contributed by atoms with E-state index in [0.29, 0.717) is 11.1 Å². The van der Waals surface area contributed by atoms with Crippen LogP contribution in [0.25, 0.3) is 0 Å². The molecule has 3 rings (SSSR count). The SMILES string of the molecule is O=C(NCC1(C2CC2)CC1)c1csc(=O)[nH]1. The number of amides is 1. The van der Waals surface area contributed by atoms with Crippen LogP contribution in [0.1, 0.15) is 36.2 Å². The highest BCUT2D eigenvalue weighted by atomic mass is 32.1. The monoisotopic (exact) mass is 238 g/mol. The van der Waals surface area contributed by atoms with Crippen LogP contribution in [-0.2, 0) is 0 Å². The lowest BCUT2D eigenvalue weighted by Crippen LogP contribution is -2.31. The van der Waals surface area contributed by atoms with Crippen LogP contribution in [0.5, 0.6) is 0 Å². The van der Waals surface area contributed by atoms with Crippen LogP contribution in [0.2, 0.25) is 0 Å². The standard InChI is InChI=1S/C11H14N2O2S/c14-9(8-5-16-10(15)13-8)12-6-11(3-4-11)7-1-2-7/h5,7H,1-4,6H2,(H,12,14)(H,13,15). The van der Waals surface area contributed by atoms with E-state index in [-0.39, 0.29) is 10.8 Å². The Morgan fingerprint density at radius 1 is 1.56 bits per heavy atom. The zero-order valence-electron chi connectivity index (χ0n) is 8.91. The molecule has 0 spiro atoms. The summed E-state index contributed by atoms with van der Waals surface area (Å²) in [5.74, 6) is 0.694. The summed E-state index contributed by atoms with van der Waals surface area (Å²) >= 11 is 1.03. The second-order valence-corrected chi connectivity index (χ2v) is 5.72. The number of hydrogen-bond donors (Lipinski definition) is 2. The summed E-state index contributed by atoms with van der Waals surface area (Å²) in [6, 6.07) is 0. The van der Waals surface area contributed by atoms with Crippen LogP contribution in [0.3, 0.4) is 0 Å². The van der Waals surface area contributed by atoms with E-state index in [2.05, 4.69) is 10.3 Å². The summed E-state index contributed by atoms with van der Waals surface area (Å²) in [6.45, 7) is 0.772. The molecule has 0 unspecified atom stereocenters. The quantitative estimate of drug-likeness (QED) is 0.832. The fourth-order valence-electron chi connectivity index (χ4n) is 2.33. The molecule has 0 bridgehead atoms. The minimum atomic E-state index is -0.173. The lowest BCUT2D eigenvalue weighted by Gasteiger charge is -2.14. The maximum Gasteiger partial charge on any atom is 0.305 e. The number of carbonyl (C=O) groups excluding carboxylic acids is 1. The summed E-state index contributed by atoms with van der Waals surface area (Å²) in [5.41, 5.74) is 0.799. The van der Waals surface area contributed by atoms with Crippen molar-refractivity contribution in [1.29, 1.82) is 0 Å². The van der Waals surface area contributed by atoms with Gasteiger partial charge in [-0.25, -0.2) is 0 Å². The number of hydrogen-bond acceptors (Lipinski definition) is 3. The molecule has 4 nitrogen and oxygen atoms in total. The van der Waals surface area contributed by atoms with Crippen LogP contribution in [0.15, 0.2) is 10.2 Å². The Balaban J connectivity index is 1.59. The molecule has 0 aliphatic heterocycles. The minimum absolute atomic E-state index is 0.148. The average Bonchev–Trinajstić information content (AvgIpc) is 3.14. The van der Waals surface area contributed by atoms with Gasteiger partial charge in [-0.15, -0.1) is 0 Å². The second-order valence-electron chi connectivity index (χ2n) is 4.88. The zero-order valence-corrected chi connectivity index (χ0v) is 9.73. The molecule has 1 amide bonds. The number of H-pyrrole nitrogens is 1. The fraction of sp³-hybridized carbons (Fsp3) is 0.636. The van der Waals surface area contributed by atoms with E-state index in [9.17, 15) is 9.59 Å². The van der Waals surface area contributed by atoms with Gasteiger partial charge in [0.05, 0.1) is 0 Å². The average molecular weight is 238 g/mol. The Morgan fingerprint density at radius 3 is 2.81 bits per heavy atom. The molecule has 0 radical (unpaired) electrons. The third-order valence-electron chi connectivity index (χ3n) is 3.70. The Kier molecular flexibility index (Phi) is 2.17. The van der Waals surface area contributed by atoms with Crippen LogP contribution in [0, 0.1) is 11.3 Å². The molecule has 86 valence electrons. The van der Waals surface area contributed by atoms with Gasteiger partial charge in [0, 0.05) is 11.9 Å². The predicted octanol–water partition coefficient (Wildman–Crippen LogP) is 1.36. The molecule has 2 N–H and O–H groups in total. The van der Waals surface area contributed by atoms with E-state index in [0.717, 1.165) is 23.8 Å². The highest BCUT2D eigenvalue weighted by Gasteiger charge is 2.53. The van der Waals surface area contributed by atoms with Gasteiger partial charge in [-0.1, -0.05) is 11.3 Å². The molecule has 2 aliphatic carbocycles. The van der Waals surface area contributed by atoms with E-state index >= 15 is 0 Å². The van der Waals surface area contributed by atoms with Crippen molar-refractivity contribution >= 4 is 17.2 Å². The van der Waals surface area contributed by atoms with Gasteiger partial charge in [-0.05, 0) is 37.0 Å². The van der Waals surface area contributed by atoms with Crippen molar-refractivity contribution in [2.45, 2.75) is 25.7 Å². The van der Waals surface area contributed by atoms with E-state index in [4.69, 9.17) is 0 Å². The first-order chi connectivity index (χ1) is 7.70. The third-order valence-corrected chi connectivity index (χ3v) is 4.37. The first-order valence-corrected chi connectivity index (χ1v) is 6.54. The van der Waals surface area contributed by atoms with Crippen molar-refractivity contribution in [2.75, 3.05) is 6.54 Å². The topological polar surface area (TPSA) is 62.0 Å². The van der Waals surface area contributed by atoms with E-state index < -0.39 is 0 Å². The predicted molar refractivity (Wildman–Crippen MR) is 61.7 cm³/mol. The minimum Gasteiger partial charge on any atom is -0.350 e. The lowest BCUT2D eigenvalue weighted by molar-refractivity contribution is 0.0938. The van der Waals surface area contributed by atoms with Crippen LogP contribution < -0.4 is 10.2 Å². The first-order valence-electron chi connectivity index (χ1n) is 5.66. The Bertz CT molecular complexity index is 468. The summed E-state index contributed by atoms with van der Waals surface area (Å²) in [6.07, 6.45) is 5.15. The van der Waals surface area contributed by atoms with Gasteiger partial charge >= 0.3 is 4.87 Å². The summed E-state index contributed by atoms with van der Waals surface area (Å²) in [4.78, 5) is 25.0. The first kappa shape index (κ1) is 10.1. The number of thiazole rings is 1. The third kappa shape index (κ3) is 1.80. The van der Waals surface area contributed by atoms with E-state index in [1.807, 2.05) is 0 Å². The van der Waals surface area contributed by atoms with Gasteiger partial charge in [0.2, 0.25) is 0 Å². The summed E-state index contributed by atoms with van der Waals surface area (Å²) in [7, 11) is 0. The van der Waals surface area contributed by atoms with Gasteiger partial charge < -0.3 is 10.3 Å². The molecule has 0 atom stereocenters. The molecule has 1 aromatic heterocycles. The zero-order chi connectivity index (χ0) is 11.2. The number of nitrogens with one attached hydrogen (secondary N) is 2. The van der Waals surface area contributed by atoms with Crippen molar-refractivity contribution in [3.8, 4) is 0 Å². The van der Waals surface area contributed by atoms with Crippen molar-refractivity contribution in [3.05, 3.63) is 20.7 Å². The number of aromatic nitrogens is 1. The molecular weight excluding hydrogens is 224 g/mol. The Morgan fingerprint density at radius 2 is 2.31 bits per heavy atom. The molecule has 1 heterocycles. The molecule has 16 heavy (non-hydrogen) atoms. The smallest absolute Gasteiger partial charge is 0.305 e. The van der Waals surface area contributed by atoms with Crippen LogP contribution >= 0.6 is 11.3 Å². The molecule has 2 saturated carbocycles. The van der Waals surface area contributed by atoms with Crippen molar-refractivity contribution in [2.24, 2.45) is 11.3 Å². The maximum atomic E-state index is 11.7. The molecule has 0 saturated heterocycles. The molecule has 5 heteroatoms. The second kappa shape index (κ2) is 3.45. The number of aromatic amines is 1. The molecule has 1 aromatic rings. The molecular formula is C11H14N2O2S. The molecule has 0 aromatic carbocycles. The van der Waals surface area contributed by atoms with E-state index in [1.54, 1.807) is 5.38 Å². The number of rotatable bonds is 4. The molecule has 2 aliphatic rings. The largest absolute Gasteiger partial charge is 0.350 e. The van der Waals surface area contributed by atoms with Crippen molar-refractivity contribution in [3.63, 3.8) is 0 Å². The summed E-state index contributed by atoms with van der Waals surface area (Å²) in [5, 5.41) is 4.51. The van der Waals surface area contributed by atoms with E-state index in [1.165, 1.54) is 25.7 Å². The van der Waals surface area contributed by atoms with Crippen LogP contribution in [-0.4, -0.2) is 17.4 Å². The van der Waals surface area contributed by atoms with Crippen molar-refractivity contribution < 1.29 is 4.79 Å². The van der Waals surface area contributed by atoms with Crippen LogP contribution in [0.4, 0.5) is 0 Å². The highest BCUT2D eigenvalue weighted by molar-refractivity contribution is 7.07. The Labute approximate surface area is 97.1 Å². The van der Waals surface area contributed by atoms with Gasteiger partial charge in [0.1, 0.15) is 5.69 Å². The summed E-state index contributed by atoms with van der Waals surface area (Å²) < 4.78 is 0. The van der Waals surface area contributed by atoms with Gasteiger partial charge in [0.25, 0.3) is 5.91 Å². The normalized spacial score (nSPS) is 21.8. The highest BCUT2D eigenvalue weighted by Crippen LogP contribution is 2.60. The van der Waals surface area contributed by atoms with Crippen molar-refractivity contribution in [1.82, 2.24) is 10.3 Å². The Hall–Kier alpha value is -1.10. The van der Waals surface area contributed by atoms with Gasteiger partial charge in [-0.3, -0.25) is 9.59 Å². The fourth-order valence-corrected chi connectivity index (χ4v) is 2.89. The van der Waals surface area contributed by atoms with Gasteiger partial charge in [-0.2, -0.15) is 0 Å². The molecule has 2 fully saturated rings.